The zero-order valence-corrected chi connectivity index (χ0v) is 72.2. The minimum absolute atomic E-state index is 0.0957. The van der Waals surface area contributed by atoms with Crippen LogP contribution in [0.1, 0.15) is 125 Å². The number of aromatic nitrogens is 12. The standard InChI is InChI=1S/2C21H25N7O2S2.2C20H22N6OS/c2*1-14(15-3-4-18-17(9-15)25-13-31-18)27-7-5-21(6-8-27)12-28(20(29)26-21)19-23-10-16(11-24-19)32(2,22)30;2*1-14(15-3-4-17-16(11-15)23-13-28-17)25-9-5-20(6-10-25)12-26(19(27)24-20)18-21-7-2-8-22-18/h2*3-4,9-11,13-14,22H,5-8,12H2,1-2H3,(H,26,29);2*2-4,7-8,11,13-14H,5-6,9-10,12H2,1H3,(H,24,27)/t14-,32+;14-,32-;2*14-/m0110/s1. The summed E-state index contributed by atoms with van der Waals surface area (Å²) >= 11 is 6.66. The second kappa shape index (κ2) is 33.5. The van der Waals surface area contributed by atoms with Crippen molar-refractivity contribution in [2.75, 3.05) is 111 Å². The van der Waals surface area contributed by atoms with Gasteiger partial charge in [0.1, 0.15) is 0 Å². The van der Waals surface area contributed by atoms with Crippen molar-refractivity contribution in [1.82, 2.24) is 101 Å². The third kappa shape index (κ3) is 17.3. The molecule has 4 aromatic carbocycles. The van der Waals surface area contributed by atoms with E-state index in [1.807, 2.05) is 22.0 Å². The Bertz CT molecular complexity index is 5610. The first-order chi connectivity index (χ1) is 57.7. The van der Waals surface area contributed by atoms with Crippen LogP contribution in [0.3, 0.4) is 0 Å². The smallest absolute Gasteiger partial charge is 0.324 e. The van der Waals surface area contributed by atoms with Crippen molar-refractivity contribution in [3.8, 4) is 0 Å². The second-order valence-corrected chi connectivity index (χ2v) is 40.4. The van der Waals surface area contributed by atoms with Crippen molar-refractivity contribution < 1.29 is 27.6 Å². The van der Waals surface area contributed by atoms with Gasteiger partial charge in [0, 0.05) is 139 Å². The lowest BCUT2D eigenvalue weighted by atomic mass is 9.87. The first-order valence-corrected chi connectivity index (χ1v) is 47.5. The average molecular weight is 1730 g/mol. The molecule has 32 nitrogen and oxygen atoms in total. The van der Waals surface area contributed by atoms with E-state index in [-0.39, 0.29) is 80.1 Å². The van der Waals surface area contributed by atoms with Gasteiger partial charge in [0.2, 0.25) is 23.8 Å². The van der Waals surface area contributed by atoms with Gasteiger partial charge in [-0.3, -0.25) is 39.2 Å². The number of benzene rings is 4. The molecule has 8 fully saturated rings. The van der Waals surface area contributed by atoms with E-state index >= 15 is 0 Å². The second-order valence-electron chi connectivity index (χ2n) is 32.6. The van der Waals surface area contributed by atoms with Crippen LogP contribution in [0.15, 0.2) is 166 Å². The molecule has 0 saturated carbocycles. The number of nitrogens with zero attached hydrogens (tertiary/aromatic N) is 20. The molecule has 0 unspecified atom stereocenters. The summed E-state index contributed by atoms with van der Waals surface area (Å²) in [7, 11) is -5.77. The monoisotopic (exact) mass is 1730 g/mol. The number of thiazole rings is 4. The zero-order valence-electron chi connectivity index (χ0n) is 67.3. The van der Waals surface area contributed by atoms with Crippen LogP contribution in [0, 0.1) is 9.56 Å². The average Bonchev–Trinajstić information content (AvgIpc) is 1.63. The van der Waals surface area contributed by atoms with Gasteiger partial charge in [-0.15, -0.1) is 45.3 Å². The Hall–Kier alpha value is -10.4. The normalized spacial score (nSPS) is 21.1. The Balaban J connectivity index is 0.000000114. The number of hydrogen-bond acceptors (Lipinski definition) is 28. The third-order valence-electron chi connectivity index (χ3n) is 25.1. The molecule has 8 aliphatic rings. The topological polar surface area (TPSA) is 379 Å². The molecule has 38 heteroatoms. The lowest BCUT2D eigenvalue weighted by Gasteiger charge is -2.41. The van der Waals surface area contributed by atoms with Crippen molar-refractivity contribution in [1.29, 1.82) is 9.56 Å². The van der Waals surface area contributed by atoms with Crippen molar-refractivity contribution >= 4 is 154 Å². The molecule has 0 radical (unpaired) electrons. The van der Waals surface area contributed by atoms with Gasteiger partial charge in [-0.05, 0) is 162 Å². The largest absolute Gasteiger partial charge is 0.330 e. The molecule has 8 amide bonds. The number of rotatable bonds is 14. The minimum Gasteiger partial charge on any atom is -0.330 e. The van der Waals surface area contributed by atoms with Crippen LogP contribution in [0.2, 0.25) is 0 Å². The van der Waals surface area contributed by atoms with Crippen molar-refractivity contribution in [3.05, 3.63) is 179 Å². The van der Waals surface area contributed by atoms with E-state index < -0.39 is 19.5 Å². The SMILES string of the molecule is C[C@@H](c1ccc2scnc2c1)N1CCC2(CC1)CN(c1ncc([S@](C)(=N)=O)cn1)C(=O)N2.C[C@@H](c1ccc2scnc2c1)N1CCC2(CC1)CN(c1ncccn1)C(=O)N2.C[C@H](c1ccc2scnc2c1)N1CCC2(CC1)CN(c1ncc([S@](C)(=N)=O)cn1)C(=O)N2.C[C@H](c1ccc2scnc2c1)N1CCC2(CC1)CN(c1ncccn1)C(=O)N2. The quantitative estimate of drug-likeness (QED) is 0.0589. The third-order valence-corrected chi connectivity index (χ3v) is 30.5. The van der Waals surface area contributed by atoms with Crippen LogP contribution < -0.4 is 40.9 Å². The van der Waals surface area contributed by atoms with Crippen molar-refractivity contribution in [2.24, 2.45) is 0 Å². The molecule has 0 aliphatic carbocycles. The molecule has 20 rings (SSSR count). The summed E-state index contributed by atoms with van der Waals surface area (Å²) in [5, 5.41) is 12.7. The van der Waals surface area contributed by atoms with E-state index in [1.165, 1.54) is 78.4 Å². The van der Waals surface area contributed by atoms with E-state index in [4.69, 9.17) is 9.56 Å². The van der Waals surface area contributed by atoms with Gasteiger partial charge in [0.15, 0.2) is 0 Å². The van der Waals surface area contributed by atoms with Crippen LogP contribution in [0.4, 0.5) is 43.0 Å². The summed E-state index contributed by atoms with van der Waals surface area (Å²) in [6, 6.07) is 30.3. The van der Waals surface area contributed by atoms with E-state index in [2.05, 4.69) is 201 Å². The molecule has 12 aromatic rings. The fourth-order valence-electron chi connectivity index (χ4n) is 17.5. The Morgan fingerprint density at radius 1 is 0.342 bits per heavy atom. The highest BCUT2D eigenvalue weighted by molar-refractivity contribution is 7.92. The van der Waals surface area contributed by atoms with Crippen molar-refractivity contribution in [3.63, 3.8) is 0 Å². The maximum atomic E-state index is 12.7. The molecule has 6 atom stereocenters. The fourth-order valence-corrected chi connectivity index (χ4v) is 21.2. The summed E-state index contributed by atoms with van der Waals surface area (Å²) in [4.78, 5) is 119. The number of fused-ring (bicyclic) bond motifs is 4. The predicted octanol–water partition coefficient (Wildman–Crippen LogP) is 12.9. The number of hydrogen-bond donors (Lipinski definition) is 6. The summed E-state index contributed by atoms with van der Waals surface area (Å²) < 4.78 is 43.8. The molecular weight excluding hydrogens is 1640 g/mol. The number of urea groups is 4. The van der Waals surface area contributed by atoms with Crippen LogP contribution in [-0.4, -0.2) is 225 Å². The maximum Gasteiger partial charge on any atom is 0.324 e. The molecule has 624 valence electrons. The van der Waals surface area contributed by atoms with Gasteiger partial charge in [-0.25, -0.2) is 97.0 Å². The molecule has 0 bridgehead atoms. The van der Waals surface area contributed by atoms with E-state index in [0.717, 1.165) is 126 Å². The van der Waals surface area contributed by atoms with Gasteiger partial charge in [0.25, 0.3) is 0 Å². The molecule has 6 N–H and O–H groups in total. The van der Waals surface area contributed by atoms with Crippen LogP contribution in [0.5, 0.6) is 0 Å². The number of likely N-dealkylation sites (tertiary alicyclic amines) is 4. The summed E-state index contributed by atoms with van der Waals surface area (Å²) in [6.07, 6.45) is 21.9. The zero-order chi connectivity index (χ0) is 83.3. The number of carbonyl (C=O) groups excluding carboxylic acids is 4. The van der Waals surface area contributed by atoms with Gasteiger partial charge >= 0.3 is 24.1 Å². The van der Waals surface area contributed by atoms with Gasteiger partial charge in [-0.1, -0.05) is 24.3 Å². The molecular formula is C82H94N26O6S6. The number of amides is 8. The highest BCUT2D eigenvalue weighted by Crippen LogP contribution is 2.41. The number of anilines is 4. The fraction of sp³-hybridized carbons (Fsp3) is 0.415. The van der Waals surface area contributed by atoms with Gasteiger partial charge in [-0.2, -0.15) is 0 Å². The molecule has 8 aliphatic heterocycles. The molecule has 16 heterocycles. The lowest BCUT2D eigenvalue weighted by molar-refractivity contribution is 0.121. The highest BCUT2D eigenvalue weighted by Gasteiger charge is 2.51. The van der Waals surface area contributed by atoms with Crippen LogP contribution in [0.25, 0.3) is 40.9 Å². The van der Waals surface area contributed by atoms with E-state index in [0.29, 0.717) is 50.2 Å². The van der Waals surface area contributed by atoms with Gasteiger partial charge < -0.3 is 21.3 Å². The number of carbonyl (C=O) groups is 4. The maximum absolute atomic E-state index is 12.7. The Morgan fingerprint density at radius 2 is 0.558 bits per heavy atom. The lowest BCUT2D eigenvalue weighted by Crippen LogP contribution is -2.52. The first kappa shape index (κ1) is 81.9. The molecule has 120 heavy (non-hydrogen) atoms. The molecule has 8 saturated heterocycles. The minimum atomic E-state index is -2.88. The Morgan fingerprint density at radius 3 is 0.775 bits per heavy atom. The molecule has 4 spiro atoms. The van der Waals surface area contributed by atoms with Crippen LogP contribution in [-0.2, 0) is 19.5 Å². The van der Waals surface area contributed by atoms with E-state index in [1.54, 1.807) is 102 Å². The summed E-state index contributed by atoms with van der Waals surface area (Å²) in [6.45, 7) is 18.5. The number of nitrogens with one attached hydrogen (secondary N) is 6. The number of piperidine rings is 4. The van der Waals surface area contributed by atoms with Gasteiger partial charge in [0.05, 0.1) is 140 Å². The Kier molecular flexibility index (Phi) is 22.9. The summed E-state index contributed by atoms with van der Waals surface area (Å²) in [5.41, 5.74) is 15.9. The predicted molar refractivity (Wildman–Crippen MR) is 468 cm³/mol. The van der Waals surface area contributed by atoms with Crippen molar-refractivity contribution in [2.45, 2.75) is 135 Å². The Labute approximate surface area is 711 Å². The highest BCUT2D eigenvalue weighted by atomic mass is 32.2. The first-order valence-electron chi connectivity index (χ1n) is 40.1. The molecule has 8 aromatic heterocycles. The van der Waals surface area contributed by atoms with E-state index in [9.17, 15) is 27.6 Å². The summed E-state index contributed by atoms with van der Waals surface area (Å²) in [5.74, 6) is 1.51. The van der Waals surface area contributed by atoms with Crippen LogP contribution >= 0.6 is 45.3 Å².